The van der Waals surface area contributed by atoms with Gasteiger partial charge in [0.25, 0.3) is 5.91 Å². The summed E-state index contributed by atoms with van der Waals surface area (Å²) >= 11 is 0. The zero-order chi connectivity index (χ0) is 14.7. The zero-order valence-electron chi connectivity index (χ0n) is 11.3. The number of aromatic amines is 1. The van der Waals surface area contributed by atoms with Crippen LogP contribution in [0, 0.1) is 0 Å². The number of aromatic nitrogens is 2. The summed E-state index contributed by atoms with van der Waals surface area (Å²) in [7, 11) is 0. The Morgan fingerprint density at radius 1 is 1.19 bits per heavy atom. The average molecular weight is 281 g/mol. The van der Waals surface area contributed by atoms with Crippen LogP contribution in [0.25, 0.3) is 10.9 Å². The van der Waals surface area contributed by atoms with Crippen LogP contribution in [0.3, 0.4) is 0 Å². The van der Waals surface area contributed by atoms with Crippen LogP contribution in [-0.4, -0.2) is 27.8 Å². The molecule has 0 spiro atoms. The number of rotatable bonds is 4. The highest BCUT2D eigenvalue weighted by Crippen LogP contribution is 2.16. The molecule has 3 rings (SSSR count). The van der Waals surface area contributed by atoms with Gasteiger partial charge >= 0.3 is 0 Å². The Balaban J connectivity index is 1.71. The highest BCUT2D eigenvalue weighted by Gasteiger charge is 2.13. The molecule has 3 N–H and O–H groups in total. The summed E-state index contributed by atoms with van der Waals surface area (Å²) in [5, 5.41) is 20.4. The first-order valence-electron chi connectivity index (χ1n) is 6.69. The van der Waals surface area contributed by atoms with E-state index >= 15 is 0 Å². The lowest BCUT2D eigenvalue weighted by Gasteiger charge is -2.12. The molecule has 0 aliphatic rings. The van der Waals surface area contributed by atoms with Gasteiger partial charge in [0.15, 0.2) is 0 Å². The van der Waals surface area contributed by atoms with Gasteiger partial charge in [-0.1, -0.05) is 42.5 Å². The predicted molar refractivity (Wildman–Crippen MR) is 79.8 cm³/mol. The minimum absolute atomic E-state index is 0.160. The quantitative estimate of drug-likeness (QED) is 0.684. The van der Waals surface area contributed by atoms with E-state index in [9.17, 15) is 9.90 Å². The molecular weight excluding hydrogens is 266 g/mol. The van der Waals surface area contributed by atoms with Crippen LogP contribution < -0.4 is 5.32 Å². The van der Waals surface area contributed by atoms with E-state index in [-0.39, 0.29) is 12.5 Å². The molecule has 1 aromatic heterocycles. The number of amides is 1. The summed E-state index contributed by atoms with van der Waals surface area (Å²) in [5.74, 6) is -0.236. The molecule has 1 amide bonds. The molecule has 106 valence electrons. The highest BCUT2D eigenvalue weighted by molar-refractivity contribution is 6.05. The topological polar surface area (TPSA) is 78.0 Å². The molecule has 0 aliphatic heterocycles. The third-order valence-electron chi connectivity index (χ3n) is 3.36. The van der Waals surface area contributed by atoms with E-state index in [0.29, 0.717) is 11.1 Å². The van der Waals surface area contributed by atoms with Gasteiger partial charge in [-0.3, -0.25) is 9.89 Å². The standard InChI is InChI=1S/C16H15N3O2/c20-14(11-5-2-1-3-6-11)10-17-16(21)13-8-4-7-12-9-18-19-15(12)13/h1-9,14,20H,10H2,(H,17,21)(H,18,19). The van der Waals surface area contributed by atoms with Crippen molar-refractivity contribution in [3.05, 3.63) is 65.9 Å². The van der Waals surface area contributed by atoms with Crippen molar-refractivity contribution in [1.82, 2.24) is 15.5 Å². The van der Waals surface area contributed by atoms with Crippen molar-refractivity contribution >= 4 is 16.8 Å². The van der Waals surface area contributed by atoms with E-state index in [4.69, 9.17) is 0 Å². The number of hydrogen-bond donors (Lipinski definition) is 3. The molecule has 0 saturated heterocycles. The van der Waals surface area contributed by atoms with Gasteiger partial charge in [-0.2, -0.15) is 5.10 Å². The molecule has 0 aliphatic carbocycles. The van der Waals surface area contributed by atoms with E-state index in [1.54, 1.807) is 18.3 Å². The molecule has 1 unspecified atom stereocenters. The number of benzene rings is 2. The van der Waals surface area contributed by atoms with Gasteiger partial charge in [-0.05, 0) is 11.6 Å². The highest BCUT2D eigenvalue weighted by atomic mass is 16.3. The Morgan fingerprint density at radius 3 is 2.81 bits per heavy atom. The Labute approximate surface area is 121 Å². The van der Waals surface area contributed by atoms with Crippen LogP contribution in [0.15, 0.2) is 54.7 Å². The third kappa shape index (κ3) is 2.78. The van der Waals surface area contributed by atoms with Crippen LogP contribution in [0.5, 0.6) is 0 Å². The van der Waals surface area contributed by atoms with Crippen molar-refractivity contribution in [1.29, 1.82) is 0 Å². The predicted octanol–water partition coefficient (Wildman–Crippen LogP) is 2.03. The smallest absolute Gasteiger partial charge is 0.253 e. The second-order valence-electron chi connectivity index (χ2n) is 4.78. The number of carbonyl (C=O) groups is 1. The molecule has 21 heavy (non-hydrogen) atoms. The Hall–Kier alpha value is -2.66. The largest absolute Gasteiger partial charge is 0.387 e. The first kappa shape index (κ1) is 13.3. The number of nitrogens with zero attached hydrogens (tertiary/aromatic N) is 1. The summed E-state index contributed by atoms with van der Waals surface area (Å²) < 4.78 is 0. The molecule has 0 bridgehead atoms. The normalized spacial score (nSPS) is 12.2. The first-order valence-corrected chi connectivity index (χ1v) is 6.69. The molecule has 0 fully saturated rings. The van der Waals surface area contributed by atoms with Crippen LogP contribution in [0.1, 0.15) is 22.0 Å². The van der Waals surface area contributed by atoms with E-state index in [1.807, 2.05) is 36.4 Å². The zero-order valence-corrected chi connectivity index (χ0v) is 11.3. The molecule has 0 saturated carbocycles. The van der Waals surface area contributed by atoms with Crippen molar-refractivity contribution < 1.29 is 9.90 Å². The van der Waals surface area contributed by atoms with Crippen molar-refractivity contribution in [3.8, 4) is 0 Å². The van der Waals surface area contributed by atoms with Gasteiger partial charge in [0.05, 0.1) is 23.4 Å². The summed E-state index contributed by atoms with van der Waals surface area (Å²) in [4.78, 5) is 12.2. The van der Waals surface area contributed by atoms with Gasteiger partial charge in [-0.15, -0.1) is 0 Å². The number of H-pyrrole nitrogens is 1. The van der Waals surface area contributed by atoms with E-state index in [2.05, 4.69) is 15.5 Å². The molecule has 5 heteroatoms. The lowest BCUT2D eigenvalue weighted by molar-refractivity contribution is 0.0918. The molecular formula is C16H15N3O2. The van der Waals surface area contributed by atoms with Crippen LogP contribution >= 0.6 is 0 Å². The molecule has 3 aromatic rings. The van der Waals surface area contributed by atoms with Gasteiger partial charge in [-0.25, -0.2) is 0 Å². The number of carbonyl (C=O) groups excluding carboxylic acids is 1. The van der Waals surface area contributed by atoms with Crippen LogP contribution in [0.4, 0.5) is 0 Å². The molecule has 1 atom stereocenters. The van der Waals surface area contributed by atoms with E-state index < -0.39 is 6.10 Å². The number of hydrogen-bond acceptors (Lipinski definition) is 3. The lowest BCUT2D eigenvalue weighted by Crippen LogP contribution is -2.28. The fourth-order valence-electron chi connectivity index (χ4n) is 2.24. The van der Waals surface area contributed by atoms with Crippen molar-refractivity contribution in [2.45, 2.75) is 6.10 Å². The van der Waals surface area contributed by atoms with Gasteiger partial charge in [0, 0.05) is 11.9 Å². The maximum atomic E-state index is 12.2. The van der Waals surface area contributed by atoms with Crippen LogP contribution in [-0.2, 0) is 0 Å². The fourth-order valence-corrected chi connectivity index (χ4v) is 2.24. The van der Waals surface area contributed by atoms with Gasteiger partial charge in [0.2, 0.25) is 0 Å². The second kappa shape index (κ2) is 5.76. The number of para-hydroxylation sites is 1. The minimum Gasteiger partial charge on any atom is -0.387 e. The Morgan fingerprint density at radius 2 is 2.00 bits per heavy atom. The minimum atomic E-state index is -0.726. The summed E-state index contributed by atoms with van der Waals surface area (Å²) in [6.45, 7) is 0.160. The number of nitrogens with one attached hydrogen (secondary N) is 2. The summed E-state index contributed by atoms with van der Waals surface area (Å²) in [6.07, 6.45) is 0.946. The molecule has 2 aromatic carbocycles. The maximum Gasteiger partial charge on any atom is 0.253 e. The molecule has 5 nitrogen and oxygen atoms in total. The summed E-state index contributed by atoms with van der Waals surface area (Å²) in [5.41, 5.74) is 1.99. The average Bonchev–Trinajstić information content (AvgIpc) is 3.01. The molecule has 1 heterocycles. The first-order chi connectivity index (χ1) is 10.3. The van der Waals surface area contributed by atoms with E-state index in [0.717, 1.165) is 10.9 Å². The van der Waals surface area contributed by atoms with Crippen LogP contribution in [0.2, 0.25) is 0 Å². The Kier molecular flexibility index (Phi) is 3.66. The van der Waals surface area contributed by atoms with Crippen molar-refractivity contribution in [2.24, 2.45) is 0 Å². The van der Waals surface area contributed by atoms with Gasteiger partial charge < -0.3 is 10.4 Å². The summed E-state index contributed by atoms with van der Waals surface area (Å²) in [6, 6.07) is 14.7. The monoisotopic (exact) mass is 281 g/mol. The molecule has 0 radical (unpaired) electrons. The SMILES string of the molecule is O=C(NCC(O)c1ccccc1)c1cccc2cn[nH]c12. The van der Waals surface area contributed by atoms with Gasteiger partial charge in [0.1, 0.15) is 0 Å². The Bertz CT molecular complexity index is 752. The fraction of sp³-hybridized carbons (Fsp3) is 0.125. The lowest BCUT2D eigenvalue weighted by atomic mass is 10.1. The number of aliphatic hydroxyl groups is 1. The second-order valence-corrected chi connectivity index (χ2v) is 4.78. The third-order valence-corrected chi connectivity index (χ3v) is 3.36. The van der Waals surface area contributed by atoms with Crippen molar-refractivity contribution in [2.75, 3.05) is 6.54 Å². The van der Waals surface area contributed by atoms with E-state index in [1.165, 1.54) is 0 Å². The number of aliphatic hydroxyl groups excluding tert-OH is 1. The number of fused-ring (bicyclic) bond motifs is 1. The van der Waals surface area contributed by atoms with Crippen molar-refractivity contribution in [3.63, 3.8) is 0 Å². The maximum absolute atomic E-state index is 12.2.